The van der Waals surface area contributed by atoms with Gasteiger partial charge >= 0.3 is 0 Å². The van der Waals surface area contributed by atoms with Crippen LogP contribution in [0.25, 0.3) is 0 Å². The van der Waals surface area contributed by atoms with Gasteiger partial charge in [-0.05, 0) is 45.7 Å². The molecule has 0 bridgehead atoms. The number of aryl methyl sites for hydroxylation is 1. The zero-order valence-electron chi connectivity index (χ0n) is 18.0. The Balaban J connectivity index is 0.00000392. The van der Waals surface area contributed by atoms with Crippen LogP contribution >= 0.6 is 24.0 Å². The molecule has 2 N–H and O–H groups in total. The Morgan fingerprint density at radius 3 is 2.61 bits per heavy atom. The third-order valence-corrected chi connectivity index (χ3v) is 4.63. The molecular weight excluding hydrogens is 467 g/mol. The van der Waals surface area contributed by atoms with Crippen LogP contribution in [0.3, 0.4) is 0 Å². The lowest BCUT2D eigenvalue weighted by Gasteiger charge is -2.35. The molecule has 7 heteroatoms. The maximum Gasteiger partial charge on any atom is 0.191 e. The zero-order chi connectivity index (χ0) is 19.6. The number of ether oxygens (including phenoxy) is 2. The first-order valence-corrected chi connectivity index (χ1v) is 10.0. The molecule has 1 fully saturated rings. The monoisotopic (exact) mass is 504 g/mol. The molecular formula is C21H37IN4O2. The first-order valence-electron chi connectivity index (χ1n) is 10.0. The lowest BCUT2D eigenvalue weighted by molar-refractivity contribution is -0.0679. The molecule has 1 aromatic rings. The Morgan fingerprint density at radius 2 is 1.96 bits per heavy atom. The van der Waals surface area contributed by atoms with Crippen molar-refractivity contribution in [2.45, 2.75) is 52.9 Å². The molecule has 2 atom stereocenters. The highest BCUT2D eigenvalue weighted by Gasteiger charge is 2.21. The summed E-state index contributed by atoms with van der Waals surface area (Å²) in [5.74, 6) is 1.74. The van der Waals surface area contributed by atoms with Gasteiger partial charge in [-0.3, -0.25) is 4.90 Å². The van der Waals surface area contributed by atoms with Gasteiger partial charge in [-0.2, -0.15) is 0 Å². The molecule has 1 aliphatic heterocycles. The van der Waals surface area contributed by atoms with Crippen molar-refractivity contribution in [1.82, 2.24) is 15.5 Å². The fourth-order valence-corrected chi connectivity index (χ4v) is 3.46. The summed E-state index contributed by atoms with van der Waals surface area (Å²) in [5, 5.41) is 6.76. The minimum Gasteiger partial charge on any atom is -0.496 e. The van der Waals surface area contributed by atoms with Gasteiger partial charge in [0.1, 0.15) is 5.75 Å². The van der Waals surface area contributed by atoms with Gasteiger partial charge in [0.25, 0.3) is 0 Å². The first-order chi connectivity index (χ1) is 13.0. The Labute approximate surface area is 187 Å². The van der Waals surface area contributed by atoms with Gasteiger partial charge in [0.15, 0.2) is 5.96 Å². The molecule has 0 aromatic heterocycles. The summed E-state index contributed by atoms with van der Waals surface area (Å²) in [6.45, 7) is 13.9. The SMILES string of the molecule is CCNC(=NCc1ccc(C)cc1OC)NCCCN1CC(C)OC(C)C1.I. The average molecular weight is 504 g/mol. The Morgan fingerprint density at radius 1 is 1.25 bits per heavy atom. The second-order valence-electron chi connectivity index (χ2n) is 7.31. The van der Waals surface area contributed by atoms with E-state index >= 15 is 0 Å². The standard InChI is InChI=1S/C21H36N4O2.HI/c1-6-22-21(24-13-19-9-8-16(2)12-20(19)26-5)23-10-7-11-25-14-17(3)27-18(4)15-25;/h8-9,12,17-18H,6-7,10-11,13-15H2,1-5H3,(H2,22,23,24);1H. The second kappa shape index (κ2) is 13.2. The number of benzene rings is 1. The van der Waals surface area contributed by atoms with E-state index in [1.807, 2.05) is 0 Å². The van der Waals surface area contributed by atoms with Crippen molar-refractivity contribution in [1.29, 1.82) is 0 Å². The van der Waals surface area contributed by atoms with Crippen LogP contribution in [-0.4, -0.2) is 62.9 Å². The van der Waals surface area contributed by atoms with Crippen LogP contribution < -0.4 is 15.4 Å². The smallest absolute Gasteiger partial charge is 0.191 e. The van der Waals surface area contributed by atoms with Crippen LogP contribution in [0, 0.1) is 6.92 Å². The Hall–Kier alpha value is -1.06. The maximum absolute atomic E-state index is 5.80. The molecule has 2 unspecified atom stereocenters. The number of hydrogen-bond donors (Lipinski definition) is 2. The highest BCUT2D eigenvalue weighted by Crippen LogP contribution is 2.20. The molecule has 0 saturated carbocycles. The Bertz CT molecular complexity index is 602. The average Bonchev–Trinajstić information content (AvgIpc) is 2.63. The molecule has 0 spiro atoms. The fourth-order valence-electron chi connectivity index (χ4n) is 3.46. The fraction of sp³-hybridized carbons (Fsp3) is 0.667. The number of halogens is 1. The van der Waals surface area contributed by atoms with Crippen molar-refractivity contribution in [3.8, 4) is 5.75 Å². The third-order valence-electron chi connectivity index (χ3n) is 4.63. The van der Waals surface area contributed by atoms with Gasteiger partial charge < -0.3 is 20.1 Å². The van der Waals surface area contributed by atoms with Crippen LogP contribution in [-0.2, 0) is 11.3 Å². The summed E-state index contributed by atoms with van der Waals surface area (Å²) in [5.41, 5.74) is 2.29. The lowest BCUT2D eigenvalue weighted by atomic mass is 10.1. The van der Waals surface area contributed by atoms with E-state index < -0.39 is 0 Å². The molecule has 1 heterocycles. The highest BCUT2D eigenvalue weighted by molar-refractivity contribution is 14.0. The number of hydrogen-bond acceptors (Lipinski definition) is 4. The predicted octanol–water partition coefficient (Wildman–Crippen LogP) is 3.18. The van der Waals surface area contributed by atoms with Gasteiger partial charge in [-0.1, -0.05) is 12.1 Å². The molecule has 28 heavy (non-hydrogen) atoms. The molecule has 1 saturated heterocycles. The minimum absolute atomic E-state index is 0. The topological polar surface area (TPSA) is 58.1 Å². The third kappa shape index (κ3) is 8.53. The largest absolute Gasteiger partial charge is 0.496 e. The summed E-state index contributed by atoms with van der Waals surface area (Å²) in [6.07, 6.45) is 1.73. The predicted molar refractivity (Wildman–Crippen MR) is 127 cm³/mol. The number of aliphatic imine (C=N–C) groups is 1. The molecule has 6 nitrogen and oxygen atoms in total. The number of guanidine groups is 1. The van der Waals surface area contributed by atoms with Gasteiger partial charge in [-0.15, -0.1) is 24.0 Å². The van der Waals surface area contributed by atoms with Gasteiger partial charge in [-0.25, -0.2) is 4.99 Å². The number of methoxy groups -OCH3 is 1. The summed E-state index contributed by atoms with van der Waals surface area (Å²) >= 11 is 0. The van der Waals surface area contributed by atoms with Crippen molar-refractivity contribution >= 4 is 29.9 Å². The molecule has 2 rings (SSSR count). The summed E-state index contributed by atoms with van der Waals surface area (Å²) in [4.78, 5) is 7.20. The molecule has 0 radical (unpaired) electrons. The van der Waals surface area contributed by atoms with Crippen LogP contribution in [0.5, 0.6) is 5.75 Å². The summed E-state index contributed by atoms with van der Waals surface area (Å²) < 4.78 is 11.3. The van der Waals surface area contributed by atoms with Crippen molar-refractivity contribution < 1.29 is 9.47 Å². The second-order valence-corrected chi connectivity index (χ2v) is 7.31. The Kier molecular flexibility index (Phi) is 11.8. The van der Waals surface area contributed by atoms with E-state index in [-0.39, 0.29) is 24.0 Å². The van der Waals surface area contributed by atoms with Crippen LogP contribution in [0.4, 0.5) is 0 Å². The van der Waals surface area contributed by atoms with Gasteiger partial charge in [0, 0.05) is 38.3 Å². The molecule has 0 amide bonds. The number of morpholine rings is 1. The van der Waals surface area contributed by atoms with Crippen molar-refractivity contribution in [3.05, 3.63) is 29.3 Å². The van der Waals surface area contributed by atoms with E-state index in [2.05, 4.69) is 61.4 Å². The van der Waals surface area contributed by atoms with Crippen molar-refractivity contribution in [2.75, 3.05) is 39.8 Å². The molecule has 1 aliphatic rings. The van der Waals surface area contributed by atoms with Crippen LogP contribution in [0.2, 0.25) is 0 Å². The summed E-state index contributed by atoms with van der Waals surface area (Å²) in [6, 6.07) is 6.23. The maximum atomic E-state index is 5.80. The highest BCUT2D eigenvalue weighted by atomic mass is 127. The van der Waals surface area contributed by atoms with Crippen LogP contribution in [0.15, 0.2) is 23.2 Å². The normalized spacial score (nSPS) is 20.4. The van der Waals surface area contributed by atoms with Gasteiger partial charge in [0.2, 0.25) is 0 Å². The van der Waals surface area contributed by atoms with E-state index in [0.717, 1.165) is 56.4 Å². The lowest BCUT2D eigenvalue weighted by Crippen LogP contribution is -2.46. The van der Waals surface area contributed by atoms with Crippen molar-refractivity contribution in [3.63, 3.8) is 0 Å². The van der Waals surface area contributed by atoms with Crippen LogP contribution in [0.1, 0.15) is 38.3 Å². The zero-order valence-corrected chi connectivity index (χ0v) is 20.3. The van der Waals surface area contributed by atoms with Gasteiger partial charge in [0.05, 0.1) is 25.9 Å². The molecule has 0 aliphatic carbocycles. The number of nitrogens with zero attached hydrogens (tertiary/aromatic N) is 2. The van der Waals surface area contributed by atoms with Crippen molar-refractivity contribution in [2.24, 2.45) is 4.99 Å². The summed E-state index contributed by atoms with van der Waals surface area (Å²) in [7, 11) is 1.71. The minimum atomic E-state index is 0. The molecule has 160 valence electrons. The van der Waals surface area contributed by atoms with E-state index in [1.165, 1.54) is 5.56 Å². The van der Waals surface area contributed by atoms with E-state index in [9.17, 15) is 0 Å². The molecule has 1 aromatic carbocycles. The first kappa shape index (κ1) is 25.0. The number of nitrogens with one attached hydrogen (secondary N) is 2. The van der Waals surface area contributed by atoms with E-state index in [4.69, 9.17) is 14.5 Å². The quantitative estimate of drug-likeness (QED) is 0.247. The van der Waals surface area contributed by atoms with E-state index in [1.54, 1.807) is 7.11 Å². The van der Waals surface area contributed by atoms with E-state index in [0.29, 0.717) is 18.8 Å². The number of rotatable bonds is 8.